The monoisotopic (exact) mass is 463 g/mol. The topological polar surface area (TPSA) is 56.9 Å². The number of rotatable bonds is 5. The van der Waals surface area contributed by atoms with Crippen molar-refractivity contribution < 1.29 is 26.7 Å². The zero-order valence-corrected chi connectivity index (χ0v) is 17.7. The van der Waals surface area contributed by atoms with Gasteiger partial charge in [0.25, 0.3) is 0 Å². The van der Waals surface area contributed by atoms with Gasteiger partial charge in [0.05, 0.1) is 11.4 Å². The summed E-state index contributed by atoms with van der Waals surface area (Å²) in [7, 11) is 0. The van der Waals surface area contributed by atoms with Gasteiger partial charge >= 0.3 is 0 Å². The summed E-state index contributed by atoms with van der Waals surface area (Å²) in [5.41, 5.74) is 2.33. The van der Waals surface area contributed by atoms with E-state index in [0.717, 1.165) is 6.07 Å². The maximum atomic E-state index is 14.3. The molecule has 2 heterocycles. The van der Waals surface area contributed by atoms with Gasteiger partial charge in [0.2, 0.25) is 11.8 Å². The Morgan fingerprint density at radius 2 is 1.88 bits per heavy atom. The first-order chi connectivity index (χ1) is 15.6. The number of carbonyl (C=O) groups excluding carboxylic acids is 1. The van der Waals surface area contributed by atoms with Crippen molar-refractivity contribution in [1.29, 1.82) is 0 Å². The lowest BCUT2D eigenvalue weighted by Crippen LogP contribution is -2.54. The van der Waals surface area contributed by atoms with Gasteiger partial charge in [0.1, 0.15) is 17.5 Å². The number of halogens is 5. The van der Waals surface area contributed by atoms with E-state index in [1.165, 1.54) is 18.2 Å². The van der Waals surface area contributed by atoms with Crippen LogP contribution in [0.1, 0.15) is 30.0 Å². The lowest BCUT2D eigenvalue weighted by molar-refractivity contribution is -0.132. The summed E-state index contributed by atoms with van der Waals surface area (Å²) >= 11 is 0. The van der Waals surface area contributed by atoms with Crippen LogP contribution in [0.5, 0.6) is 0 Å². The molecule has 0 spiro atoms. The Morgan fingerprint density at radius 3 is 2.55 bits per heavy atom. The SMILES string of the molecule is Cc1c(-c2ccc(F)cc2C2NCC2C(=O)NCC2CC(F)(F)C2)[nH]c2c(F)cc(F)cc12. The van der Waals surface area contributed by atoms with Crippen LogP contribution in [-0.2, 0) is 4.79 Å². The van der Waals surface area contributed by atoms with Gasteiger partial charge in [0, 0.05) is 54.7 Å². The fraction of sp³-hybridized carbons (Fsp3) is 0.375. The highest BCUT2D eigenvalue weighted by Crippen LogP contribution is 2.42. The molecule has 0 bridgehead atoms. The number of carbonyl (C=O) groups is 1. The molecule has 174 valence electrons. The van der Waals surface area contributed by atoms with Crippen LogP contribution in [0.3, 0.4) is 0 Å². The van der Waals surface area contributed by atoms with Gasteiger partial charge in [-0.15, -0.1) is 0 Å². The third-order valence-electron chi connectivity index (χ3n) is 6.74. The smallest absolute Gasteiger partial charge is 0.248 e. The molecule has 33 heavy (non-hydrogen) atoms. The number of benzene rings is 2. The highest BCUT2D eigenvalue weighted by atomic mass is 19.3. The highest BCUT2D eigenvalue weighted by Gasteiger charge is 2.46. The normalized spacial score (nSPS) is 22.1. The van der Waals surface area contributed by atoms with Crippen LogP contribution in [0.25, 0.3) is 22.2 Å². The number of aromatic nitrogens is 1. The summed E-state index contributed by atoms with van der Waals surface area (Å²) in [5, 5.41) is 6.26. The van der Waals surface area contributed by atoms with E-state index in [9.17, 15) is 26.7 Å². The fourth-order valence-corrected chi connectivity index (χ4v) is 4.87. The Bertz CT molecular complexity index is 1250. The van der Waals surface area contributed by atoms with Crippen LogP contribution in [0.2, 0.25) is 0 Å². The second-order valence-electron chi connectivity index (χ2n) is 9.03. The van der Waals surface area contributed by atoms with Gasteiger partial charge in [0.15, 0.2) is 0 Å². The standard InChI is InChI=1S/C24H22F5N3O/c1-11-16-5-14(26)6-19(27)22(16)32-20(11)15-3-2-13(25)4-17(15)21-18(10-30-21)23(33)31-9-12-7-24(28,29)8-12/h2-6,12,18,21,30,32H,7-10H2,1H3,(H,31,33). The third kappa shape index (κ3) is 3.88. The minimum absolute atomic E-state index is 0.146. The van der Waals surface area contributed by atoms with Crippen LogP contribution in [0.4, 0.5) is 22.0 Å². The number of fused-ring (bicyclic) bond motifs is 1. The Balaban J connectivity index is 1.43. The van der Waals surface area contributed by atoms with Crippen LogP contribution in [-0.4, -0.2) is 29.9 Å². The summed E-state index contributed by atoms with van der Waals surface area (Å²) in [6.45, 7) is 2.26. The lowest BCUT2D eigenvalue weighted by atomic mass is 9.80. The van der Waals surface area contributed by atoms with E-state index in [4.69, 9.17) is 0 Å². The quantitative estimate of drug-likeness (QED) is 0.468. The molecule has 1 aliphatic heterocycles. The Labute approximate surface area is 186 Å². The van der Waals surface area contributed by atoms with Crippen molar-refractivity contribution in [3.63, 3.8) is 0 Å². The van der Waals surface area contributed by atoms with Gasteiger partial charge in [-0.1, -0.05) is 0 Å². The Morgan fingerprint density at radius 1 is 1.12 bits per heavy atom. The largest absolute Gasteiger partial charge is 0.355 e. The fourth-order valence-electron chi connectivity index (χ4n) is 4.87. The van der Waals surface area contributed by atoms with Crippen LogP contribution in [0.15, 0.2) is 30.3 Å². The highest BCUT2D eigenvalue weighted by molar-refractivity contribution is 5.92. The Kier molecular flexibility index (Phi) is 5.19. The maximum Gasteiger partial charge on any atom is 0.248 e. The number of nitrogens with one attached hydrogen (secondary N) is 3. The molecule has 1 aliphatic carbocycles. The number of alkyl halides is 2. The summed E-state index contributed by atoms with van der Waals surface area (Å²) in [6.07, 6.45) is -0.463. The molecular weight excluding hydrogens is 441 g/mol. The van der Waals surface area contributed by atoms with Crippen molar-refractivity contribution in [2.45, 2.75) is 31.7 Å². The lowest BCUT2D eigenvalue weighted by Gasteiger charge is -2.39. The average Bonchev–Trinajstić information content (AvgIpc) is 3.01. The molecule has 2 aromatic carbocycles. The molecule has 2 unspecified atom stereocenters. The molecule has 1 saturated heterocycles. The van der Waals surface area contributed by atoms with Crippen molar-refractivity contribution >= 4 is 16.8 Å². The van der Waals surface area contributed by atoms with Gasteiger partial charge < -0.3 is 15.6 Å². The molecule has 5 rings (SSSR count). The van der Waals surface area contributed by atoms with Crippen LogP contribution < -0.4 is 10.6 Å². The van der Waals surface area contributed by atoms with E-state index < -0.39 is 35.3 Å². The first kappa shape index (κ1) is 21.9. The molecule has 9 heteroatoms. The molecule has 2 aliphatic rings. The molecular formula is C24H22F5N3O. The number of H-pyrrole nitrogens is 1. The molecule has 1 aromatic heterocycles. The maximum absolute atomic E-state index is 14.3. The van der Waals surface area contributed by atoms with Crippen LogP contribution in [0, 0.1) is 36.2 Å². The summed E-state index contributed by atoms with van der Waals surface area (Å²) in [4.78, 5) is 15.7. The van der Waals surface area contributed by atoms with Crippen LogP contribution >= 0.6 is 0 Å². The van der Waals surface area contributed by atoms with E-state index >= 15 is 0 Å². The number of amides is 1. The number of hydrogen-bond donors (Lipinski definition) is 3. The van der Waals surface area contributed by atoms with Gasteiger partial charge in [-0.3, -0.25) is 4.79 Å². The molecule has 4 nitrogen and oxygen atoms in total. The van der Waals surface area contributed by atoms with Gasteiger partial charge in [-0.25, -0.2) is 22.0 Å². The van der Waals surface area contributed by atoms with Gasteiger partial charge in [-0.05, 0) is 48.2 Å². The van der Waals surface area contributed by atoms with E-state index in [2.05, 4.69) is 15.6 Å². The van der Waals surface area contributed by atoms with Gasteiger partial charge in [-0.2, -0.15) is 0 Å². The third-order valence-corrected chi connectivity index (χ3v) is 6.74. The minimum atomic E-state index is -2.65. The summed E-state index contributed by atoms with van der Waals surface area (Å²) in [6, 6.07) is 5.65. The van der Waals surface area contributed by atoms with Crippen molar-refractivity contribution in [1.82, 2.24) is 15.6 Å². The zero-order valence-electron chi connectivity index (χ0n) is 17.7. The van der Waals surface area contributed by atoms with E-state index in [-0.39, 0.29) is 36.7 Å². The summed E-state index contributed by atoms with van der Waals surface area (Å²) in [5.74, 6) is -5.62. The first-order valence-electron chi connectivity index (χ1n) is 10.8. The second kappa shape index (κ2) is 7.83. The molecule has 0 radical (unpaired) electrons. The molecule has 1 saturated carbocycles. The molecule has 2 fully saturated rings. The zero-order chi connectivity index (χ0) is 23.5. The summed E-state index contributed by atoms with van der Waals surface area (Å²) < 4.78 is 68.3. The minimum Gasteiger partial charge on any atom is -0.355 e. The molecule has 2 atom stereocenters. The molecule has 3 aromatic rings. The molecule has 1 amide bonds. The number of aromatic amines is 1. The van der Waals surface area contributed by atoms with E-state index in [1.807, 2.05) is 0 Å². The van der Waals surface area contributed by atoms with Crippen molar-refractivity contribution in [3.05, 3.63) is 58.9 Å². The van der Waals surface area contributed by atoms with Crippen molar-refractivity contribution in [2.24, 2.45) is 11.8 Å². The molecule has 3 N–H and O–H groups in total. The predicted molar refractivity (Wildman–Crippen MR) is 113 cm³/mol. The number of hydrogen-bond acceptors (Lipinski definition) is 2. The first-order valence-corrected chi connectivity index (χ1v) is 10.8. The Hall–Kier alpha value is -2.94. The number of aryl methyl sites for hydroxylation is 1. The van der Waals surface area contributed by atoms with Crippen molar-refractivity contribution in [3.8, 4) is 11.3 Å². The average molecular weight is 463 g/mol. The predicted octanol–water partition coefficient (Wildman–Crippen LogP) is 4.98. The second-order valence-corrected chi connectivity index (χ2v) is 9.03. The van der Waals surface area contributed by atoms with Crippen molar-refractivity contribution in [2.75, 3.05) is 13.1 Å². The van der Waals surface area contributed by atoms with E-state index in [1.54, 1.807) is 13.0 Å². The van der Waals surface area contributed by atoms with E-state index in [0.29, 0.717) is 34.3 Å².